The third-order valence-corrected chi connectivity index (χ3v) is 5.02. The molecule has 3 rings (SSSR count). The molecule has 2 aliphatic heterocycles. The zero-order chi connectivity index (χ0) is 17.8. The largest absolute Gasteiger partial charge is 0.381 e. The summed E-state index contributed by atoms with van der Waals surface area (Å²) >= 11 is 0. The lowest BCUT2D eigenvalue weighted by molar-refractivity contribution is -0.124. The van der Waals surface area contributed by atoms with Crippen LogP contribution in [0, 0.1) is 5.92 Å². The number of ether oxygens (including phenoxy) is 1. The van der Waals surface area contributed by atoms with E-state index in [4.69, 9.17) is 4.74 Å². The standard InChI is InChI=1S/C19H24N2O4/c1-13(17(22)20-10-4-5-14-8-11-25-12-9-14)21-18(23)15-6-2-3-7-16(15)19(21)24/h2-3,6-7,13-14H,4-5,8-12H2,1H3,(H,20,22). The molecule has 6 heteroatoms. The first kappa shape index (κ1) is 17.6. The van der Waals surface area contributed by atoms with E-state index in [9.17, 15) is 14.4 Å². The number of benzene rings is 1. The summed E-state index contributed by atoms with van der Waals surface area (Å²) in [5, 5.41) is 2.85. The van der Waals surface area contributed by atoms with Crippen molar-refractivity contribution in [2.45, 2.75) is 38.6 Å². The van der Waals surface area contributed by atoms with Gasteiger partial charge in [0.25, 0.3) is 11.8 Å². The van der Waals surface area contributed by atoms with Crippen LogP contribution in [0.2, 0.25) is 0 Å². The van der Waals surface area contributed by atoms with Crippen molar-refractivity contribution >= 4 is 17.7 Å². The maximum atomic E-state index is 12.4. The molecule has 1 unspecified atom stereocenters. The maximum absolute atomic E-state index is 12.4. The molecule has 1 saturated heterocycles. The number of nitrogens with zero attached hydrogens (tertiary/aromatic N) is 1. The normalized spacial score (nSPS) is 19.0. The predicted octanol–water partition coefficient (Wildman–Crippen LogP) is 1.99. The van der Waals surface area contributed by atoms with Gasteiger partial charge in [0.15, 0.2) is 0 Å². The molecule has 0 spiro atoms. The highest BCUT2D eigenvalue weighted by Crippen LogP contribution is 2.24. The molecule has 134 valence electrons. The molecular formula is C19H24N2O4. The summed E-state index contributed by atoms with van der Waals surface area (Å²) in [4.78, 5) is 38.2. The number of rotatable bonds is 6. The predicted molar refractivity (Wildman–Crippen MR) is 92.2 cm³/mol. The van der Waals surface area contributed by atoms with Crippen LogP contribution >= 0.6 is 0 Å². The minimum Gasteiger partial charge on any atom is -0.381 e. The van der Waals surface area contributed by atoms with Crippen LogP contribution in [0.15, 0.2) is 24.3 Å². The Morgan fingerprint density at radius 3 is 2.40 bits per heavy atom. The molecule has 2 heterocycles. The van der Waals surface area contributed by atoms with Gasteiger partial charge in [0.2, 0.25) is 5.91 Å². The lowest BCUT2D eigenvalue weighted by Crippen LogP contribution is -2.48. The molecule has 3 amide bonds. The molecular weight excluding hydrogens is 320 g/mol. The fraction of sp³-hybridized carbons (Fsp3) is 0.526. The zero-order valence-electron chi connectivity index (χ0n) is 14.5. The van der Waals surface area contributed by atoms with Crippen LogP contribution in [0.3, 0.4) is 0 Å². The van der Waals surface area contributed by atoms with Crippen molar-refractivity contribution < 1.29 is 19.1 Å². The summed E-state index contributed by atoms with van der Waals surface area (Å²) < 4.78 is 5.34. The van der Waals surface area contributed by atoms with E-state index in [0.29, 0.717) is 23.6 Å². The van der Waals surface area contributed by atoms with Crippen molar-refractivity contribution in [2.24, 2.45) is 5.92 Å². The number of carbonyl (C=O) groups is 3. The van der Waals surface area contributed by atoms with Crippen molar-refractivity contribution in [1.29, 1.82) is 0 Å². The molecule has 1 N–H and O–H groups in total. The highest BCUT2D eigenvalue weighted by Gasteiger charge is 2.40. The SMILES string of the molecule is CC(C(=O)NCCCC1CCOCC1)N1C(=O)c2ccccc2C1=O. The molecule has 1 aromatic rings. The first-order valence-corrected chi connectivity index (χ1v) is 8.92. The van der Waals surface area contributed by atoms with E-state index >= 15 is 0 Å². The number of amides is 3. The van der Waals surface area contributed by atoms with Crippen molar-refractivity contribution in [1.82, 2.24) is 10.2 Å². The number of hydrogen-bond acceptors (Lipinski definition) is 4. The van der Waals surface area contributed by atoms with Gasteiger partial charge in [0, 0.05) is 19.8 Å². The Kier molecular flexibility index (Phi) is 5.48. The van der Waals surface area contributed by atoms with E-state index in [1.807, 2.05) is 0 Å². The summed E-state index contributed by atoms with van der Waals surface area (Å²) in [6, 6.07) is 5.86. The third kappa shape index (κ3) is 3.74. The maximum Gasteiger partial charge on any atom is 0.262 e. The first-order valence-electron chi connectivity index (χ1n) is 8.92. The minimum absolute atomic E-state index is 0.290. The summed E-state index contributed by atoms with van der Waals surface area (Å²) in [5.41, 5.74) is 0.735. The Labute approximate surface area is 147 Å². The van der Waals surface area contributed by atoms with Gasteiger partial charge in [-0.05, 0) is 50.7 Å². The molecule has 1 fully saturated rings. The average Bonchev–Trinajstić information content (AvgIpc) is 2.90. The van der Waals surface area contributed by atoms with Crippen LogP contribution in [0.5, 0.6) is 0 Å². The number of carbonyl (C=O) groups excluding carboxylic acids is 3. The lowest BCUT2D eigenvalue weighted by atomic mass is 9.95. The van der Waals surface area contributed by atoms with Gasteiger partial charge in [-0.3, -0.25) is 19.3 Å². The van der Waals surface area contributed by atoms with Gasteiger partial charge in [-0.25, -0.2) is 0 Å². The molecule has 6 nitrogen and oxygen atoms in total. The Morgan fingerprint density at radius 1 is 1.20 bits per heavy atom. The highest BCUT2D eigenvalue weighted by atomic mass is 16.5. The topological polar surface area (TPSA) is 75.7 Å². The summed E-state index contributed by atoms with van der Waals surface area (Å²) in [5.74, 6) is -0.420. The fourth-order valence-corrected chi connectivity index (χ4v) is 3.46. The van der Waals surface area contributed by atoms with E-state index < -0.39 is 17.9 Å². The van der Waals surface area contributed by atoms with Crippen LogP contribution in [-0.2, 0) is 9.53 Å². The zero-order valence-corrected chi connectivity index (χ0v) is 14.5. The Bertz CT molecular complexity index is 632. The van der Waals surface area contributed by atoms with Crippen LogP contribution in [0.4, 0.5) is 0 Å². The Hall–Kier alpha value is -2.21. The first-order chi connectivity index (χ1) is 12.1. The quantitative estimate of drug-likeness (QED) is 0.632. The summed E-state index contributed by atoms with van der Waals surface area (Å²) in [7, 11) is 0. The van der Waals surface area contributed by atoms with Gasteiger partial charge in [0.05, 0.1) is 11.1 Å². The third-order valence-electron chi connectivity index (χ3n) is 5.02. The van der Waals surface area contributed by atoms with Crippen LogP contribution in [0.25, 0.3) is 0 Å². The Balaban J connectivity index is 1.49. The van der Waals surface area contributed by atoms with Crippen LogP contribution in [-0.4, -0.2) is 48.4 Å². The van der Waals surface area contributed by atoms with Crippen LogP contribution < -0.4 is 5.32 Å². The van der Waals surface area contributed by atoms with Gasteiger partial charge in [-0.1, -0.05) is 12.1 Å². The number of nitrogens with one attached hydrogen (secondary N) is 1. The van der Waals surface area contributed by atoms with Gasteiger partial charge in [-0.15, -0.1) is 0 Å². The second-order valence-corrected chi connectivity index (χ2v) is 6.69. The summed E-state index contributed by atoms with van der Waals surface area (Å²) in [6.45, 7) is 3.81. The van der Waals surface area contributed by atoms with Gasteiger partial charge in [0.1, 0.15) is 6.04 Å². The van der Waals surface area contributed by atoms with Gasteiger partial charge in [-0.2, -0.15) is 0 Å². The molecule has 1 aromatic carbocycles. The molecule has 0 aliphatic carbocycles. The van der Waals surface area contributed by atoms with Crippen molar-refractivity contribution in [3.05, 3.63) is 35.4 Å². The highest BCUT2D eigenvalue weighted by molar-refractivity contribution is 6.22. The number of fused-ring (bicyclic) bond motifs is 1. The van der Waals surface area contributed by atoms with Crippen molar-refractivity contribution in [3.63, 3.8) is 0 Å². The van der Waals surface area contributed by atoms with Gasteiger partial charge >= 0.3 is 0 Å². The van der Waals surface area contributed by atoms with E-state index in [1.54, 1.807) is 31.2 Å². The van der Waals surface area contributed by atoms with Crippen molar-refractivity contribution in [2.75, 3.05) is 19.8 Å². The smallest absolute Gasteiger partial charge is 0.262 e. The second kappa shape index (κ2) is 7.78. The molecule has 0 bridgehead atoms. The van der Waals surface area contributed by atoms with E-state index in [2.05, 4.69) is 5.32 Å². The number of imide groups is 1. The average molecular weight is 344 g/mol. The van der Waals surface area contributed by atoms with E-state index in [0.717, 1.165) is 43.8 Å². The fourth-order valence-electron chi connectivity index (χ4n) is 3.46. The molecule has 0 saturated carbocycles. The summed E-state index contributed by atoms with van der Waals surface area (Å²) in [6.07, 6.45) is 4.12. The molecule has 0 aromatic heterocycles. The minimum atomic E-state index is -0.810. The monoisotopic (exact) mass is 344 g/mol. The molecule has 25 heavy (non-hydrogen) atoms. The van der Waals surface area contributed by atoms with Crippen LogP contribution in [0.1, 0.15) is 53.3 Å². The Morgan fingerprint density at radius 2 is 1.80 bits per heavy atom. The number of hydrogen-bond donors (Lipinski definition) is 1. The van der Waals surface area contributed by atoms with E-state index in [-0.39, 0.29) is 5.91 Å². The molecule has 1 atom stereocenters. The molecule has 2 aliphatic rings. The van der Waals surface area contributed by atoms with Crippen molar-refractivity contribution in [3.8, 4) is 0 Å². The molecule has 0 radical (unpaired) electrons. The lowest BCUT2D eigenvalue weighted by Gasteiger charge is -2.23. The second-order valence-electron chi connectivity index (χ2n) is 6.69. The van der Waals surface area contributed by atoms with E-state index in [1.165, 1.54) is 0 Å². The van der Waals surface area contributed by atoms with Gasteiger partial charge < -0.3 is 10.1 Å².